The van der Waals surface area contributed by atoms with Crippen molar-refractivity contribution in [3.63, 3.8) is 0 Å². The van der Waals surface area contributed by atoms with E-state index < -0.39 is 0 Å². The quantitative estimate of drug-likeness (QED) is 0.500. The Hall–Kier alpha value is -2.20. The molecule has 2 saturated heterocycles. The molecule has 0 bridgehead atoms. The summed E-state index contributed by atoms with van der Waals surface area (Å²) < 4.78 is 12.4. The number of fused-ring (bicyclic) bond motifs is 1. The first-order chi connectivity index (χ1) is 16.5. The Morgan fingerprint density at radius 3 is 2.74 bits per heavy atom. The van der Waals surface area contributed by atoms with Crippen molar-refractivity contribution in [1.29, 1.82) is 0 Å². The number of halogens is 1. The fourth-order valence-corrected chi connectivity index (χ4v) is 5.98. The number of rotatable bonds is 6. The van der Waals surface area contributed by atoms with Gasteiger partial charge in [-0.05, 0) is 43.7 Å². The second-order valence-electron chi connectivity index (χ2n) is 9.14. The lowest BCUT2D eigenvalue weighted by Crippen LogP contribution is -2.41. The second-order valence-corrected chi connectivity index (χ2v) is 10.6. The Labute approximate surface area is 207 Å². The summed E-state index contributed by atoms with van der Waals surface area (Å²) in [5, 5.41) is 1.51. The van der Waals surface area contributed by atoms with Crippen LogP contribution in [0.4, 0.5) is 5.82 Å². The number of nitrogens with zero attached hydrogens (tertiary/aromatic N) is 5. The summed E-state index contributed by atoms with van der Waals surface area (Å²) in [6.07, 6.45) is 8.89. The standard InChI is InChI=1S/C24H28ClN5O3S/c1-16-11-24(14-33-16)5-7-29(8-6-24)19-12-27-20(13-26-19)34-18-4-3-17-21(22(18)25)23(31)30(15-28-17)9-10-32-2/h3-4,12-13,15-16H,5-11,14H2,1-2H3/t16-/m0/s1. The van der Waals surface area contributed by atoms with Gasteiger partial charge in [-0.15, -0.1) is 0 Å². The summed E-state index contributed by atoms with van der Waals surface area (Å²) in [5.41, 5.74) is 0.725. The van der Waals surface area contributed by atoms with E-state index in [0.717, 1.165) is 54.7 Å². The first-order valence-electron chi connectivity index (χ1n) is 11.5. The third-order valence-corrected chi connectivity index (χ3v) is 8.29. The van der Waals surface area contributed by atoms with Gasteiger partial charge in [0.05, 0.1) is 60.5 Å². The Morgan fingerprint density at radius 1 is 1.24 bits per heavy atom. The number of anilines is 1. The molecule has 0 radical (unpaired) electrons. The number of aromatic nitrogens is 4. The van der Waals surface area contributed by atoms with Crippen LogP contribution in [0.3, 0.4) is 0 Å². The van der Waals surface area contributed by atoms with Crippen molar-refractivity contribution < 1.29 is 9.47 Å². The third-order valence-electron chi connectivity index (χ3n) is 6.80. The van der Waals surface area contributed by atoms with Crippen molar-refractivity contribution in [2.45, 2.75) is 48.8 Å². The van der Waals surface area contributed by atoms with E-state index in [1.165, 1.54) is 22.7 Å². The molecular formula is C24H28ClN5O3S. The molecule has 0 amide bonds. The number of ether oxygens (including phenoxy) is 2. The molecule has 0 aliphatic carbocycles. The number of hydrogen-bond acceptors (Lipinski definition) is 8. The van der Waals surface area contributed by atoms with Crippen LogP contribution in [0, 0.1) is 5.41 Å². The van der Waals surface area contributed by atoms with Crippen LogP contribution in [0.15, 0.2) is 45.6 Å². The predicted molar refractivity (Wildman–Crippen MR) is 133 cm³/mol. The van der Waals surface area contributed by atoms with Gasteiger partial charge in [-0.3, -0.25) is 9.36 Å². The molecule has 1 spiro atoms. The highest BCUT2D eigenvalue weighted by molar-refractivity contribution is 7.99. The normalized spacial score (nSPS) is 19.9. The van der Waals surface area contributed by atoms with Gasteiger partial charge in [-0.25, -0.2) is 15.0 Å². The van der Waals surface area contributed by atoms with Crippen molar-refractivity contribution in [2.24, 2.45) is 5.41 Å². The number of benzene rings is 1. The van der Waals surface area contributed by atoms with Crippen molar-refractivity contribution in [2.75, 3.05) is 38.3 Å². The van der Waals surface area contributed by atoms with Gasteiger partial charge < -0.3 is 14.4 Å². The average Bonchev–Trinajstić information content (AvgIpc) is 3.21. The van der Waals surface area contributed by atoms with E-state index in [0.29, 0.717) is 40.6 Å². The molecule has 5 rings (SSSR count). The lowest BCUT2D eigenvalue weighted by atomic mass is 9.77. The number of piperidine rings is 1. The minimum atomic E-state index is -0.180. The molecule has 10 heteroatoms. The molecule has 2 fully saturated rings. The van der Waals surface area contributed by atoms with Gasteiger partial charge in [0.1, 0.15) is 10.8 Å². The monoisotopic (exact) mass is 501 g/mol. The van der Waals surface area contributed by atoms with Gasteiger partial charge in [0.2, 0.25) is 0 Å². The molecular weight excluding hydrogens is 474 g/mol. The minimum Gasteiger partial charge on any atom is -0.383 e. The zero-order valence-electron chi connectivity index (χ0n) is 19.4. The topological polar surface area (TPSA) is 82.4 Å². The summed E-state index contributed by atoms with van der Waals surface area (Å²) in [4.78, 5) is 29.6. The Kier molecular flexibility index (Phi) is 6.79. The zero-order valence-corrected chi connectivity index (χ0v) is 20.9. The van der Waals surface area contributed by atoms with Crippen LogP contribution in [0.5, 0.6) is 0 Å². The molecule has 0 N–H and O–H groups in total. The van der Waals surface area contributed by atoms with Gasteiger partial charge in [-0.2, -0.15) is 0 Å². The fourth-order valence-electron chi connectivity index (χ4n) is 4.86. The maximum Gasteiger partial charge on any atom is 0.262 e. The van der Waals surface area contributed by atoms with Crippen LogP contribution >= 0.6 is 23.4 Å². The molecule has 1 atom stereocenters. The van der Waals surface area contributed by atoms with Crippen molar-refractivity contribution >= 4 is 40.1 Å². The minimum absolute atomic E-state index is 0.180. The highest BCUT2D eigenvalue weighted by atomic mass is 35.5. The van der Waals surface area contributed by atoms with Gasteiger partial charge in [0, 0.05) is 25.1 Å². The summed E-state index contributed by atoms with van der Waals surface area (Å²) in [6.45, 7) is 5.82. The molecule has 8 nitrogen and oxygen atoms in total. The molecule has 2 aromatic heterocycles. The largest absolute Gasteiger partial charge is 0.383 e. The van der Waals surface area contributed by atoms with E-state index in [4.69, 9.17) is 21.1 Å². The summed E-state index contributed by atoms with van der Waals surface area (Å²) in [5.74, 6) is 0.890. The summed E-state index contributed by atoms with van der Waals surface area (Å²) in [7, 11) is 1.60. The maximum atomic E-state index is 12.9. The lowest BCUT2D eigenvalue weighted by molar-refractivity contribution is 0.0976. The van der Waals surface area contributed by atoms with E-state index in [-0.39, 0.29) is 5.56 Å². The maximum absolute atomic E-state index is 12.9. The van der Waals surface area contributed by atoms with Crippen LogP contribution in [-0.4, -0.2) is 59.0 Å². The highest BCUT2D eigenvalue weighted by Gasteiger charge is 2.41. The SMILES string of the molecule is COCCn1cnc2ccc(Sc3cnc(N4CCC5(CC4)CO[C@@H](C)C5)cn3)c(Cl)c2c1=O. The molecule has 180 valence electrons. The first kappa shape index (κ1) is 23.5. The molecule has 34 heavy (non-hydrogen) atoms. The molecule has 0 saturated carbocycles. The molecule has 2 aliphatic rings. The van der Waals surface area contributed by atoms with Gasteiger partial charge in [0.15, 0.2) is 0 Å². The molecule has 3 aromatic rings. The van der Waals surface area contributed by atoms with Crippen LogP contribution in [0.2, 0.25) is 5.02 Å². The third kappa shape index (κ3) is 4.66. The van der Waals surface area contributed by atoms with Crippen LogP contribution in [-0.2, 0) is 16.0 Å². The fraction of sp³-hybridized carbons (Fsp3) is 0.500. The Balaban J connectivity index is 1.30. The zero-order chi connectivity index (χ0) is 23.7. The average molecular weight is 502 g/mol. The van der Waals surface area contributed by atoms with Gasteiger partial charge >= 0.3 is 0 Å². The van der Waals surface area contributed by atoms with Crippen LogP contribution in [0.25, 0.3) is 10.9 Å². The Bertz CT molecular complexity index is 1230. The number of methoxy groups -OCH3 is 1. The van der Waals surface area contributed by atoms with E-state index in [1.54, 1.807) is 13.3 Å². The van der Waals surface area contributed by atoms with Crippen molar-refractivity contribution in [3.8, 4) is 0 Å². The van der Waals surface area contributed by atoms with Gasteiger partial charge in [0.25, 0.3) is 5.56 Å². The highest BCUT2D eigenvalue weighted by Crippen LogP contribution is 2.42. The van der Waals surface area contributed by atoms with Crippen molar-refractivity contribution in [1.82, 2.24) is 19.5 Å². The van der Waals surface area contributed by atoms with E-state index in [1.807, 2.05) is 18.3 Å². The van der Waals surface area contributed by atoms with E-state index in [9.17, 15) is 4.79 Å². The second kappa shape index (κ2) is 9.81. The Morgan fingerprint density at radius 2 is 2.06 bits per heavy atom. The first-order valence-corrected chi connectivity index (χ1v) is 12.7. The molecule has 4 heterocycles. The summed E-state index contributed by atoms with van der Waals surface area (Å²) in [6, 6.07) is 3.68. The molecule has 2 aliphatic heterocycles. The van der Waals surface area contributed by atoms with E-state index in [2.05, 4.69) is 26.8 Å². The molecule has 0 unspecified atom stereocenters. The number of hydrogen-bond donors (Lipinski definition) is 0. The van der Waals surface area contributed by atoms with E-state index >= 15 is 0 Å². The lowest BCUT2D eigenvalue weighted by Gasteiger charge is -2.38. The molecule has 1 aromatic carbocycles. The van der Waals surface area contributed by atoms with Crippen LogP contribution in [0.1, 0.15) is 26.2 Å². The smallest absolute Gasteiger partial charge is 0.262 e. The van der Waals surface area contributed by atoms with Gasteiger partial charge in [-0.1, -0.05) is 23.4 Å². The predicted octanol–water partition coefficient (Wildman–Crippen LogP) is 4.03. The van der Waals surface area contributed by atoms with Crippen LogP contribution < -0.4 is 10.5 Å². The summed E-state index contributed by atoms with van der Waals surface area (Å²) >= 11 is 8.04. The van der Waals surface area contributed by atoms with Crippen molar-refractivity contribution in [3.05, 3.63) is 46.2 Å².